The molecule has 0 saturated heterocycles. The third-order valence-electron chi connectivity index (χ3n) is 6.04. The molecule has 0 radical (unpaired) electrons. The molecule has 3 aromatic carbocycles. The van der Waals surface area contributed by atoms with Gasteiger partial charge in [0.1, 0.15) is 33.0 Å². The summed E-state index contributed by atoms with van der Waals surface area (Å²) in [5.74, 6) is 0.127. The van der Waals surface area contributed by atoms with Crippen molar-refractivity contribution in [1.82, 2.24) is 4.98 Å². The molecule has 0 bridgehead atoms. The summed E-state index contributed by atoms with van der Waals surface area (Å²) in [6.45, 7) is 2.79. The zero-order valence-electron chi connectivity index (χ0n) is 21.5. The Hall–Kier alpha value is -2.88. The second kappa shape index (κ2) is 12.7. The fourth-order valence-electron chi connectivity index (χ4n) is 4.06. The summed E-state index contributed by atoms with van der Waals surface area (Å²) in [6.07, 6.45) is 0. The Morgan fingerprint density at radius 2 is 1.52 bits per heavy atom. The number of aromatic nitrogens is 1. The molecule has 40 heavy (non-hydrogen) atoms. The smallest absolute Gasteiger partial charge is 0.267 e. The van der Waals surface area contributed by atoms with Gasteiger partial charge in [-0.1, -0.05) is 88.9 Å². The number of anilines is 2. The topological polar surface area (TPSA) is 83.0 Å². The highest BCUT2D eigenvalue weighted by molar-refractivity contribution is 7.92. The number of hydrogen-bond acceptors (Lipinski definition) is 6. The van der Waals surface area contributed by atoms with E-state index in [1.807, 2.05) is 42.2 Å². The fourth-order valence-corrected chi connectivity index (χ4v) is 6.27. The molecular formula is C28H25Cl4N3O4S. The average molecular weight is 641 g/mol. The van der Waals surface area contributed by atoms with Crippen molar-refractivity contribution in [1.29, 1.82) is 0 Å². The van der Waals surface area contributed by atoms with Crippen LogP contribution in [0.4, 0.5) is 11.4 Å². The lowest BCUT2D eigenvalue weighted by molar-refractivity contribution is 0.323. The number of phenolic OH excluding ortho intramolecular Hbond substituents is 1. The van der Waals surface area contributed by atoms with E-state index in [-0.39, 0.29) is 37.6 Å². The second-order valence-corrected chi connectivity index (χ2v) is 12.3. The summed E-state index contributed by atoms with van der Waals surface area (Å²) in [6, 6.07) is 20.6. The van der Waals surface area contributed by atoms with Crippen LogP contribution < -0.4 is 13.9 Å². The Morgan fingerprint density at radius 3 is 2.17 bits per heavy atom. The first kappa shape index (κ1) is 30.1. The number of hydrogen-bond donors (Lipinski definition) is 1. The summed E-state index contributed by atoms with van der Waals surface area (Å²) in [5.41, 5.74) is 2.58. The maximum Gasteiger partial charge on any atom is 0.267 e. The minimum absolute atomic E-state index is 0.0297. The number of nitrogens with zero attached hydrogens (tertiary/aromatic N) is 3. The monoisotopic (exact) mass is 639 g/mol. The first-order chi connectivity index (χ1) is 19.0. The number of pyridine rings is 1. The molecule has 4 aromatic rings. The van der Waals surface area contributed by atoms with E-state index in [9.17, 15) is 13.5 Å². The van der Waals surface area contributed by atoms with Gasteiger partial charge >= 0.3 is 0 Å². The van der Waals surface area contributed by atoms with Crippen LogP contribution in [0.15, 0.2) is 77.7 Å². The molecule has 1 N–H and O–H groups in total. The highest BCUT2D eigenvalue weighted by Gasteiger charge is 2.25. The van der Waals surface area contributed by atoms with Crippen LogP contribution in [0.5, 0.6) is 11.5 Å². The van der Waals surface area contributed by atoms with Crippen molar-refractivity contribution in [2.75, 3.05) is 29.4 Å². The van der Waals surface area contributed by atoms with Gasteiger partial charge in [-0.15, -0.1) is 0 Å². The molecule has 12 heteroatoms. The average Bonchev–Trinajstić information content (AvgIpc) is 2.92. The summed E-state index contributed by atoms with van der Waals surface area (Å²) in [4.78, 5) is 5.67. The quantitative estimate of drug-likeness (QED) is 0.180. The van der Waals surface area contributed by atoms with Gasteiger partial charge in [-0.25, -0.2) is 13.4 Å². The maximum atomic E-state index is 13.2. The number of phenols is 1. The van der Waals surface area contributed by atoms with Gasteiger partial charge in [-0.2, -0.15) is 0 Å². The first-order valence-corrected chi connectivity index (χ1v) is 14.9. The number of rotatable bonds is 10. The highest BCUT2D eigenvalue weighted by Crippen LogP contribution is 2.42. The van der Waals surface area contributed by atoms with Crippen LogP contribution in [0.1, 0.15) is 11.1 Å². The molecule has 0 atom stereocenters. The largest absolute Gasteiger partial charge is 0.507 e. The lowest BCUT2D eigenvalue weighted by Crippen LogP contribution is -2.29. The van der Waals surface area contributed by atoms with Gasteiger partial charge in [0.2, 0.25) is 0 Å². The van der Waals surface area contributed by atoms with Crippen molar-refractivity contribution in [3.63, 3.8) is 0 Å². The Bertz CT molecular complexity index is 1600. The third-order valence-corrected chi connectivity index (χ3v) is 9.33. The summed E-state index contributed by atoms with van der Waals surface area (Å²) < 4.78 is 33.6. The maximum absolute atomic E-state index is 13.2. The molecule has 4 rings (SSSR count). The molecular weight excluding hydrogens is 616 g/mol. The van der Waals surface area contributed by atoms with E-state index in [4.69, 9.17) is 51.1 Å². The number of para-hydroxylation sites is 1. The SMILES string of the molecule is Cc1cc(OCCN(Cc2ccccc2)c2c(Cl)c(Cl)nc(Cl)c2Cl)cc(N(C)S(=O)(=O)c2ccccc2O)c1. The molecule has 0 fully saturated rings. The molecule has 0 aliphatic rings. The predicted molar refractivity (Wildman–Crippen MR) is 162 cm³/mol. The van der Waals surface area contributed by atoms with Crippen molar-refractivity contribution in [2.45, 2.75) is 18.4 Å². The van der Waals surface area contributed by atoms with Crippen molar-refractivity contribution in [3.8, 4) is 11.5 Å². The van der Waals surface area contributed by atoms with Crippen LogP contribution in [0.3, 0.4) is 0 Å². The number of sulfonamides is 1. The van der Waals surface area contributed by atoms with Crippen molar-refractivity contribution >= 4 is 67.8 Å². The van der Waals surface area contributed by atoms with Crippen molar-refractivity contribution in [2.24, 2.45) is 0 Å². The Morgan fingerprint density at radius 1 is 0.900 bits per heavy atom. The number of benzene rings is 3. The van der Waals surface area contributed by atoms with Gasteiger partial charge in [-0.05, 0) is 42.3 Å². The molecule has 1 heterocycles. The lowest BCUT2D eigenvalue weighted by atomic mass is 10.2. The molecule has 0 spiro atoms. The van der Waals surface area contributed by atoms with E-state index >= 15 is 0 Å². The summed E-state index contributed by atoms with van der Waals surface area (Å²) >= 11 is 25.4. The van der Waals surface area contributed by atoms with Crippen LogP contribution in [0, 0.1) is 6.92 Å². The van der Waals surface area contributed by atoms with Crippen LogP contribution in [0.25, 0.3) is 0 Å². The van der Waals surface area contributed by atoms with Gasteiger partial charge in [0.25, 0.3) is 10.0 Å². The van der Waals surface area contributed by atoms with E-state index in [1.165, 1.54) is 19.2 Å². The lowest BCUT2D eigenvalue weighted by Gasteiger charge is -2.27. The number of halogens is 4. The van der Waals surface area contributed by atoms with Gasteiger partial charge < -0.3 is 14.7 Å². The summed E-state index contributed by atoms with van der Waals surface area (Å²) in [5, 5.41) is 10.5. The zero-order valence-corrected chi connectivity index (χ0v) is 25.3. The van der Waals surface area contributed by atoms with Crippen LogP contribution in [0.2, 0.25) is 20.4 Å². The van der Waals surface area contributed by atoms with E-state index in [2.05, 4.69) is 4.98 Å². The molecule has 7 nitrogen and oxygen atoms in total. The minimum Gasteiger partial charge on any atom is -0.507 e. The van der Waals surface area contributed by atoms with Crippen LogP contribution >= 0.6 is 46.4 Å². The van der Waals surface area contributed by atoms with Crippen LogP contribution in [-0.4, -0.2) is 38.7 Å². The number of ether oxygens (including phenoxy) is 1. The molecule has 0 aliphatic carbocycles. The number of aromatic hydroxyl groups is 1. The Balaban J connectivity index is 1.58. The molecule has 210 valence electrons. The molecule has 0 saturated carbocycles. The molecule has 0 amide bonds. The zero-order chi connectivity index (χ0) is 29.0. The fraction of sp³-hybridized carbons (Fsp3) is 0.179. The minimum atomic E-state index is -4.02. The number of aryl methyl sites for hydroxylation is 1. The Labute approximate surface area is 253 Å². The van der Waals surface area contributed by atoms with E-state index in [0.29, 0.717) is 30.2 Å². The van der Waals surface area contributed by atoms with Crippen molar-refractivity contribution in [3.05, 3.63) is 104 Å². The van der Waals surface area contributed by atoms with E-state index in [0.717, 1.165) is 15.4 Å². The molecule has 1 aromatic heterocycles. The standard InChI is InChI=1S/C28H25Cl4N3O4S/c1-18-14-20(34(2)40(37,38)23-11-7-6-10-22(23)36)16-21(15-18)39-13-12-35(17-19-8-4-3-5-9-19)26-24(29)27(31)33-28(32)25(26)30/h3-11,14-16,36H,12-13,17H2,1-2H3. The van der Waals surface area contributed by atoms with E-state index in [1.54, 1.807) is 30.3 Å². The Kier molecular flexibility index (Phi) is 9.59. The first-order valence-electron chi connectivity index (χ1n) is 12.0. The van der Waals surface area contributed by atoms with E-state index < -0.39 is 10.0 Å². The third kappa shape index (κ3) is 6.70. The second-order valence-electron chi connectivity index (χ2n) is 8.87. The van der Waals surface area contributed by atoms with Gasteiger partial charge in [0, 0.05) is 19.7 Å². The van der Waals surface area contributed by atoms with Crippen molar-refractivity contribution < 1.29 is 18.3 Å². The predicted octanol–water partition coefficient (Wildman–Crippen LogP) is 7.62. The molecule has 0 unspecified atom stereocenters. The van der Waals surface area contributed by atoms with Crippen LogP contribution in [-0.2, 0) is 16.6 Å². The molecule has 0 aliphatic heterocycles. The summed E-state index contributed by atoms with van der Waals surface area (Å²) in [7, 11) is -2.60. The van der Waals surface area contributed by atoms with Gasteiger partial charge in [0.05, 0.1) is 17.9 Å². The van der Waals surface area contributed by atoms with Gasteiger partial charge in [0.15, 0.2) is 10.3 Å². The van der Waals surface area contributed by atoms with Gasteiger partial charge in [-0.3, -0.25) is 4.31 Å². The highest BCUT2D eigenvalue weighted by atomic mass is 35.5. The normalized spacial score (nSPS) is 11.3.